The highest BCUT2D eigenvalue weighted by Crippen LogP contribution is 2.25. The van der Waals surface area contributed by atoms with Crippen LogP contribution in [0.25, 0.3) is 0 Å². The molecule has 90 valence electrons. The van der Waals surface area contributed by atoms with Crippen LogP contribution in [0.5, 0.6) is 11.5 Å². The molecule has 4 nitrogen and oxygen atoms in total. The molecule has 16 heavy (non-hydrogen) atoms. The van der Waals surface area contributed by atoms with Gasteiger partial charge in [0, 0.05) is 19.8 Å². The highest BCUT2D eigenvalue weighted by atomic mass is 35.5. The van der Waals surface area contributed by atoms with Crippen LogP contribution >= 0.6 is 11.6 Å². The van der Waals surface area contributed by atoms with Gasteiger partial charge in [0.05, 0.1) is 5.88 Å². The molecule has 1 aromatic rings. The van der Waals surface area contributed by atoms with Crippen LogP contribution in [0.2, 0.25) is 0 Å². The van der Waals surface area contributed by atoms with E-state index < -0.39 is 0 Å². The molecule has 0 aliphatic heterocycles. The molecule has 0 N–H and O–H groups in total. The SMILES string of the molecule is COCOc1ccc(OCOC)c(CCl)c1. The number of hydrogen-bond acceptors (Lipinski definition) is 4. The normalized spacial score (nSPS) is 10.2. The van der Waals surface area contributed by atoms with Crippen LogP contribution in [-0.4, -0.2) is 27.8 Å². The number of rotatable bonds is 7. The average Bonchev–Trinajstić information content (AvgIpc) is 2.34. The van der Waals surface area contributed by atoms with Gasteiger partial charge in [-0.25, -0.2) is 0 Å². The molecule has 0 radical (unpaired) electrons. The van der Waals surface area contributed by atoms with Crippen molar-refractivity contribution in [3.05, 3.63) is 23.8 Å². The molecule has 0 aromatic heterocycles. The number of ether oxygens (including phenoxy) is 4. The Labute approximate surface area is 100 Å². The van der Waals surface area contributed by atoms with Gasteiger partial charge in [-0.15, -0.1) is 11.6 Å². The predicted molar refractivity (Wildman–Crippen MR) is 61.0 cm³/mol. The first-order chi connectivity index (χ1) is 7.81. The monoisotopic (exact) mass is 246 g/mol. The lowest BCUT2D eigenvalue weighted by Crippen LogP contribution is -2.03. The maximum atomic E-state index is 5.81. The molecule has 0 fully saturated rings. The fourth-order valence-electron chi connectivity index (χ4n) is 1.14. The van der Waals surface area contributed by atoms with Crippen LogP contribution in [0.3, 0.4) is 0 Å². The fourth-order valence-corrected chi connectivity index (χ4v) is 1.35. The van der Waals surface area contributed by atoms with Gasteiger partial charge in [0.1, 0.15) is 11.5 Å². The summed E-state index contributed by atoms with van der Waals surface area (Å²) in [5.41, 5.74) is 0.854. The number of methoxy groups -OCH3 is 2. The van der Waals surface area contributed by atoms with Crippen molar-refractivity contribution in [1.82, 2.24) is 0 Å². The van der Waals surface area contributed by atoms with E-state index in [4.69, 9.17) is 30.5 Å². The molecular formula is C11H15ClO4. The lowest BCUT2D eigenvalue weighted by molar-refractivity contribution is 0.0479. The van der Waals surface area contributed by atoms with Gasteiger partial charge in [-0.2, -0.15) is 0 Å². The Morgan fingerprint density at radius 2 is 1.75 bits per heavy atom. The predicted octanol–water partition coefficient (Wildman–Crippen LogP) is 2.39. The van der Waals surface area contributed by atoms with Crippen molar-refractivity contribution in [3.8, 4) is 11.5 Å². The van der Waals surface area contributed by atoms with Crippen molar-refractivity contribution in [2.75, 3.05) is 27.8 Å². The Bertz CT molecular complexity index is 317. The molecule has 0 bridgehead atoms. The second kappa shape index (κ2) is 7.33. The summed E-state index contributed by atoms with van der Waals surface area (Å²) in [4.78, 5) is 0. The summed E-state index contributed by atoms with van der Waals surface area (Å²) in [6.07, 6.45) is 0. The minimum absolute atomic E-state index is 0.197. The van der Waals surface area contributed by atoms with Gasteiger partial charge in [-0.1, -0.05) is 0 Å². The van der Waals surface area contributed by atoms with Gasteiger partial charge in [-0.05, 0) is 18.2 Å². The lowest BCUT2D eigenvalue weighted by Gasteiger charge is -2.11. The Balaban J connectivity index is 2.71. The molecule has 0 saturated carbocycles. The highest BCUT2D eigenvalue weighted by molar-refractivity contribution is 6.17. The third-order valence-corrected chi connectivity index (χ3v) is 2.14. The van der Waals surface area contributed by atoms with Crippen molar-refractivity contribution in [2.24, 2.45) is 0 Å². The summed E-state index contributed by atoms with van der Waals surface area (Å²) in [6.45, 7) is 0.405. The highest BCUT2D eigenvalue weighted by Gasteiger charge is 2.05. The van der Waals surface area contributed by atoms with Gasteiger partial charge >= 0.3 is 0 Å². The maximum absolute atomic E-state index is 5.81. The number of halogens is 1. The minimum atomic E-state index is 0.197. The zero-order valence-electron chi connectivity index (χ0n) is 9.36. The van der Waals surface area contributed by atoms with Crippen LogP contribution in [0.15, 0.2) is 18.2 Å². The van der Waals surface area contributed by atoms with E-state index in [2.05, 4.69) is 0 Å². The van der Waals surface area contributed by atoms with E-state index in [1.165, 1.54) is 0 Å². The number of alkyl halides is 1. The topological polar surface area (TPSA) is 36.9 Å². The third kappa shape index (κ3) is 3.89. The Morgan fingerprint density at radius 1 is 1.06 bits per heavy atom. The average molecular weight is 247 g/mol. The maximum Gasteiger partial charge on any atom is 0.188 e. The van der Waals surface area contributed by atoms with Crippen molar-refractivity contribution in [3.63, 3.8) is 0 Å². The molecule has 0 heterocycles. The second-order valence-electron chi connectivity index (χ2n) is 3.00. The molecule has 0 amide bonds. The van der Waals surface area contributed by atoms with Crippen LogP contribution in [-0.2, 0) is 15.4 Å². The third-order valence-electron chi connectivity index (χ3n) is 1.85. The standard InChI is InChI=1S/C11H15ClO4/c1-13-7-15-10-3-4-11(16-8-14-2)9(5-10)6-12/h3-5H,6-8H2,1-2H3. The summed E-state index contributed by atoms with van der Waals surface area (Å²) < 4.78 is 20.3. The van der Waals surface area contributed by atoms with Crippen molar-refractivity contribution in [1.29, 1.82) is 0 Å². The Kier molecular flexibility index (Phi) is 6.00. The van der Waals surface area contributed by atoms with Crippen LogP contribution in [0.1, 0.15) is 5.56 Å². The smallest absolute Gasteiger partial charge is 0.188 e. The molecule has 5 heteroatoms. The zero-order chi connectivity index (χ0) is 11.8. The van der Waals surface area contributed by atoms with E-state index in [1.54, 1.807) is 26.4 Å². The zero-order valence-corrected chi connectivity index (χ0v) is 10.1. The van der Waals surface area contributed by atoms with Gasteiger partial charge < -0.3 is 18.9 Å². The summed E-state index contributed by atoms with van der Waals surface area (Å²) in [5.74, 6) is 1.74. The van der Waals surface area contributed by atoms with Crippen LogP contribution in [0.4, 0.5) is 0 Å². The first kappa shape index (κ1) is 13.1. The largest absolute Gasteiger partial charge is 0.468 e. The van der Waals surface area contributed by atoms with E-state index in [-0.39, 0.29) is 13.6 Å². The molecule has 1 rings (SSSR count). The molecule has 0 aliphatic carbocycles. The van der Waals surface area contributed by atoms with E-state index in [1.807, 2.05) is 6.07 Å². The molecule has 0 atom stereocenters. The van der Waals surface area contributed by atoms with E-state index >= 15 is 0 Å². The Morgan fingerprint density at radius 3 is 2.38 bits per heavy atom. The molecule has 0 aliphatic rings. The van der Waals surface area contributed by atoms with Gasteiger partial charge in [-0.3, -0.25) is 0 Å². The van der Waals surface area contributed by atoms with Crippen molar-refractivity contribution >= 4 is 11.6 Å². The van der Waals surface area contributed by atoms with Crippen LogP contribution < -0.4 is 9.47 Å². The van der Waals surface area contributed by atoms with Crippen molar-refractivity contribution < 1.29 is 18.9 Å². The first-order valence-electron chi connectivity index (χ1n) is 4.74. The molecular weight excluding hydrogens is 232 g/mol. The summed E-state index contributed by atoms with van der Waals surface area (Å²) in [5, 5.41) is 0. The quantitative estimate of drug-likeness (QED) is 0.547. The molecule has 1 aromatic carbocycles. The second-order valence-corrected chi connectivity index (χ2v) is 3.27. The minimum Gasteiger partial charge on any atom is -0.468 e. The van der Waals surface area contributed by atoms with Gasteiger partial charge in [0.2, 0.25) is 0 Å². The number of hydrogen-bond donors (Lipinski definition) is 0. The summed E-state index contributed by atoms with van der Waals surface area (Å²) in [6, 6.07) is 5.40. The fraction of sp³-hybridized carbons (Fsp3) is 0.455. The van der Waals surface area contributed by atoms with E-state index in [0.29, 0.717) is 17.4 Å². The summed E-state index contributed by atoms with van der Waals surface area (Å²) >= 11 is 5.81. The van der Waals surface area contributed by atoms with E-state index in [9.17, 15) is 0 Å². The summed E-state index contributed by atoms with van der Waals surface area (Å²) in [7, 11) is 3.13. The Hall–Kier alpha value is -0.970. The van der Waals surface area contributed by atoms with Crippen LogP contribution in [0, 0.1) is 0 Å². The molecule has 0 unspecified atom stereocenters. The molecule has 0 spiro atoms. The first-order valence-corrected chi connectivity index (χ1v) is 5.27. The van der Waals surface area contributed by atoms with Crippen molar-refractivity contribution in [2.45, 2.75) is 5.88 Å². The van der Waals surface area contributed by atoms with Gasteiger partial charge in [0.15, 0.2) is 13.6 Å². The number of benzene rings is 1. The molecule has 0 saturated heterocycles. The van der Waals surface area contributed by atoms with E-state index in [0.717, 1.165) is 5.56 Å². The lowest BCUT2D eigenvalue weighted by atomic mass is 10.2. The van der Waals surface area contributed by atoms with Gasteiger partial charge in [0.25, 0.3) is 0 Å².